The van der Waals surface area contributed by atoms with Crippen molar-refractivity contribution in [2.75, 3.05) is 0 Å². The second kappa shape index (κ2) is 5.50. The van der Waals surface area contributed by atoms with Gasteiger partial charge in [-0.15, -0.1) is 0 Å². The van der Waals surface area contributed by atoms with Crippen molar-refractivity contribution >= 4 is 0 Å². The van der Waals surface area contributed by atoms with Gasteiger partial charge in [0.25, 0.3) is 0 Å². The number of rotatable bonds is 4. The lowest BCUT2D eigenvalue weighted by Gasteiger charge is -2.17. The van der Waals surface area contributed by atoms with Crippen LogP contribution < -0.4 is 5.73 Å². The molecule has 1 aliphatic carbocycles. The number of aryl methyl sites for hydroxylation is 2. The topological polar surface area (TPSA) is 82.8 Å². The number of hydrogen-bond acceptors (Lipinski definition) is 5. The summed E-state index contributed by atoms with van der Waals surface area (Å²) in [6, 6.07) is 0. The molecule has 0 bridgehead atoms. The zero-order valence-electron chi connectivity index (χ0n) is 13.9. The van der Waals surface area contributed by atoms with Crippen molar-refractivity contribution in [1.82, 2.24) is 19.9 Å². The lowest BCUT2D eigenvalue weighted by atomic mass is 9.97. The summed E-state index contributed by atoms with van der Waals surface area (Å²) in [6.45, 7) is 6.25. The van der Waals surface area contributed by atoms with E-state index in [1.165, 1.54) is 11.3 Å². The molecule has 2 aromatic rings. The van der Waals surface area contributed by atoms with Crippen LogP contribution in [0, 0.1) is 13.8 Å². The molecule has 3 rings (SSSR count). The fourth-order valence-electron chi connectivity index (χ4n) is 3.37. The summed E-state index contributed by atoms with van der Waals surface area (Å²) in [4.78, 5) is 4.60. The fraction of sp³-hybridized carbons (Fsp3) is 0.688. The van der Waals surface area contributed by atoms with E-state index >= 15 is 0 Å². The predicted octanol–water partition coefficient (Wildman–Crippen LogP) is 2.49. The van der Waals surface area contributed by atoms with E-state index in [1.54, 1.807) is 0 Å². The predicted molar refractivity (Wildman–Crippen MR) is 83.4 cm³/mol. The Morgan fingerprint density at radius 2 is 2.00 bits per heavy atom. The first kappa shape index (κ1) is 15.2. The Kier molecular flexibility index (Phi) is 3.80. The first-order chi connectivity index (χ1) is 10.4. The van der Waals surface area contributed by atoms with Crippen LogP contribution in [0.2, 0.25) is 0 Å². The molecule has 120 valence electrons. The van der Waals surface area contributed by atoms with Gasteiger partial charge in [0, 0.05) is 18.7 Å². The van der Waals surface area contributed by atoms with Gasteiger partial charge in [0.15, 0.2) is 5.82 Å². The van der Waals surface area contributed by atoms with Gasteiger partial charge < -0.3 is 10.3 Å². The second-order valence-corrected chi connectivity index (χ2v) is 6.70. The van der Waals surface area contributed by atoms with Crippen LogP contribution in [0.1, 0.15) is 67.2 Å². The minimum Gasteiger partial charge on any atom is -0.339 e. The van der Waals surface area contributed by atoms with Gasteiger partial charge in [0.05, 0.1) is 11.2 Å². The third kappa shape index (κ3) is 2.56. The quantitative estimate of drug-likeness (QED) is 0.938. The molecular weight excluding hydrogens is 278 g/mol. The maximum atomic E-state index is 6.40. The van der Waals surface area contributed by atoms with Crippen molar-refractivity contribution in [3.05, 3.63) is 28.7 Å². The first-order valence-corrected chi connectivity index (χ1v) is 8.03. The van der Waals surface area contributed by atoms with Crippen molar-refractivity contribution in [3.8, 4) is 0 Å². The average Bonchev–Trinajstić information content (AvgIpc) is 3.17. The van der Waals surface area contributed by atoms with Crippen molar-refractivity contribution in [2.45, 2.75) is 64.3 Å². The first-order valence-electron chi connectivity index (χ1n) is 8.03. The van der Waals surface area contributed by atoms with Gasteiger partial charge in [-0.05, 0) is 38.7 Å². The molecule has 22 heavy (non-hydrogen) atoms. The van der Waals surface area contributed by atoms with Crippen molar-refractivity contribution < 1.29 is 4.52 Å². The number of nitrogens with two attached hydrogens (primary N) is 1. The molecule has 0 saturated heterocycles. The molecule has 2 aromatic heterocycles. The van der Waals surface area contributed by atoms with Crippen LogP contribution in [-0.4, -0.2) is 19.9 Å². The zero-order chi connectivity index (χ0) is 15.9. The van der Waals surface area contributed by atoms with E-state index in [0.29, 0.717) is 11.7 Å². The minimum absolute atomic E-state index is 0.160. The maximum absolute atomic E-state index is 6.40. The minimum atomic E-state index is -0.387. The van der Waals surface area contributed by atoms with Gasteiger partial charge in [-0.2, -0.15) is 10.1 Å². The molecule has 1 atom stereocenters. The van der Waals surface area contributed by atoms with Crippen LogP contribution in [0.25, 0.3) is 0 Å². The van der Waals surface area contributed by atoms with Crippen LogP contribution >= 0.6 is 0 Å². The molecular formula is C16H25N5O. The van der Waals surface area contributed by atoms with Gasteiger partial charge in [-0.1, -0.05) is 24.9 Å². The summed E-state index contributed by atoms with van der Waals surface area (Å²) in [5, 5.41) is 8.62. The second-order valence-electron chi connectivity index (χ2n) is 6.70. The van der Waals surface area contributed by atoms with Gasteiger partial charge in [-0.25, -0.2) is 0 Å². The Labute approximate surface area is 131 Å². The Balaban J connectivity index is 1.78. The fourth-order valence-corrected chi connectivity index (χ4v) is 3.37. The monoisotopic (exact) mass is 303 g/mol. The lowest BCUT2D eigenvalue weighted by molar-refractivity contribution is 0.336. The number of aromatic nitrogens is 4. The standard InChI is InChI=1S/C16H25N5O/c1-10(9-13-11(2)19-21(4)12(13)3)14-18-15(20-22-14)16(17)7-5-6-8-16/h10H,5-9,17H2,1-4H3. The van der Waals surface area contributed by atoms with Crippen LogP contribution in [0.3, 0.4) is 0 Å². The highest BCUT2D eigenvalue weighted by molar-refractivity contribution is 5.26. The van der Waals surface area contributed by atoms with E-state index in [0.717, 1.165) is 37.8 Å². The number of nitrogens with zero attached hydrogens (tertiary/aromatic N) is 4. The van der Waals surface area contributed by atoms with Gasteiger partial charge >= 0.3 is 0 Å². The normalized spacial score (nSPS) is 18.8. The molecule has 0 aromatic carbocycles. The summed E-state index contributed by atoms with van der Waals surface area (Å²) in [5.74, 6) is 1.51. The van der Waals surface area contributed by atoms with Crippen molar-refractivity contribution in [3.63, 3.8) is 0 Å². The molecule has 6 nitrogen and oxygen atoms in total. The Morgan fingerprint density at radius 1 is 1.32 bits per heavy atom. The van der Waals surface area contributed by atoms with Crippen LogP contribution in [-0.2, 0) is 19.0 Å². The third-order valence-corrected chi connectivity index (χ3v) is 4.97. The SMILES string of the molecule is Cc1nn(C)c(C)c1CC(C)c1nc(C2(N)CCCC2)no1. The Morgan fingerprint density at radius 3 is 2.59 bits per heavy atom. The molecule has 1 fully saturated rings. The number of hydrogen-bond donors (Lipinski definition) is 1. The average molecular weight is 303 g/mol. The highest BCUT2D eigenvalue weighted by Gasteiger charge is 2.36. The molecule has 1 unspecified atom stereocenters. The molecule has 1 saturated carbocycles. The molecule has 2 N–H and O–H groups in total. The molecule has 6 heteroatoms. The molecule has 0 amide bonds. The van der Waals surface area contributed by atoms with E-state index in [2.05, 4.69) is 29.1 Å². The van der Waals surface area contributed by atoms with Gasteiger partial charge in [0.2, 0.25) is 5.89 Å². The lowest BCUT2D eigenvalue weighted by Crippen LogP contribution is -2.34. The highest BCUT2D eigenvalue weighted by Crippen LogP contribution is 2.35. The maximum Gasteiger partial charge on any atom is 0.229 e. The van der Waals surface area contributed by atoms with E-state index < -0.39 is 0 Å². The van der Waals surface area contributed by atoms with Crippen molar-refractivity contribution in [1.29, 1.82) is 0 Å². The zero-order valence-corrected chi connectivity index (χ0v) is 13.9. The summed E-state index contributed by atoms with van der Waals surface area (Å²) in [6.07, 6.45) is 5.03. The highest BCUT2D eigenvalue weighted by atomic mass is 16.5. The summed E-state index contributed by atoms with van der Waals surface area (Å²) >= 11 is 0. The Hall–Kier alpha value is -1.69. The van der Waals surface area contributed by atoms with E-state index in [-0.39, 0.29) is 11.5 Å². The summed E-state index contributed by atoms with van der Waals surface area (Å²) in [7, 11) is 1.97. The summed E-state index contributed by atoms with van der Waals surface area (Å²) in [5.41, 5.74) is 9.53. The van der Waals surface area contributed by atoms with E-state index in [1.807, 2.05) is 18.7 Å². The molecule has 1 aliphatic rings. The van der Waals surface area contributed by atoms with Crippen molar-refractivity contribution in [2.24, 2.45) is 12.8 Å². The third-order valence-electron chi connectivity index (χ3n) is 4.97. The van der Waals surface area contributed by atoms with E-state index in [4.69, 9.17) is 10.3 Å². The molecule has 0 radical (unpaired) electrons. The van der Waals surface area contributed by atoms with Crippen LogP contribution in [0.15, 0.2) is 4.52 Å². The summed E-state index contributed by atoms with van der Waals surface area (Å²) < 4.78 is 7.42. The van der Waals surface area contributed by atoms with E-state index in [9.17, 15) is 0 Å². The molecule has 0 spiro atoms. The smallest absolute Gasteiger partial charge is 0.229 e. The van der Waals surface area contributed by atoms with Crippen LogP contribution in [0.5, 0.6) is 0 Å². The van der Waals surface area contributed by atoms with Crippen LogP contribution in [0.4, 0.5) is 0 Å². The molecule has 2 heterocycles. The Bertz CT molecular complexity index is 666. The molecule has 0 aliphatic heterocycles. The van der Waals surface area contributed by atoms with Gasteiger partial charge in [-0.3, -0.25) is 4.68 Å². The largest absolute Gasteiger partial charge is 0.339 e. The van der Waals surface area contributed by atoms with Gasteiger partial charge in [0.1, 0.15) is 0 Å².